The number of hydrogen-bond donors (Lipinski definition) is 3. The first kappa shape index (κ1) is 15.5. The highest BCUT2D eigenvalue weighted by Crippen LogP contribution is 2.21. The number of hydrazine groups is 1. The minimum atomic E-state index is -0.195. The van der Waals surface area contributed by atoms with Gasteiger partial charge in [-0.2, -0.15) is 0 Å². The van der Waals surface area contributed by atoms with E-state index >= 15 is 0 Å². The number of carbonyl (C=O) groups is 1. The number of nitrogens with zero attached hydrogens (tertiary/aromatic N) is 1. The van der Waals surface area contributed by atoms with Crippen LogP contribution in [0.25, 0.3) is 0 Å². The number of nitrogens with one attached hydrogen (secondary N) is 2. The number of pyridine rings is 1. The molecule has 0 aliphatic carbocycles. The zero-order chi connectivity index (χ0) is 15.4. The summed E-state index contributed by atoms with van der Waals surface area (Å²) in [5.41, 5.74) is 5.65. The van der Waals surface area contributed by atoms with Crippen LogP contribution in [-0.4, -0.2) is 10.9 Å². The van der Waals surface area contributed by atoms with Crippen LogP contribution in [0.1, 0.15) is 28.5 Å². The van der Waals surface area contributed by atoms with Crippen molar-refractivity contribution < 1.29 is 4.79 Å². The Morgan fingerprint density at radius 2 is 2.10 bits per heavy atom. The van der Waals surface area contributed by atoms with Gasteiger partial charge in [-0.1, -0.05) is 28.9 Å². The second-order valence-corrected chi connectivity index (χ2v) is 5.50. The quantitative estimate of drug-likeness (QED) is 0.585. The largest absolute Gasteiger partial charge is 0.322 e. The number of anilines is 2. The van der Waals surface area contributed by atoms with Gasteiger partial charge in [-0.05, 0) is 43.2 Å². The third-order valence-electron chi connectivity index (χ3n) is 3.08. The van der Waals surface area contributed by atoms with Crippen molar-refractivity contribution in [1.29, 1.82) is 0 Å². The summed E-state index contributed by atoms with van der Waals surface area (Å²) < 4.78 is 0.952. The summed E-state index contributed by atoms with van der Waals surface area (Å²) in [5.74, 6) is 5.66. The highest BCUT2D eigenvalue weighted by molar-refractivity contribution is 9.10. The first-order valence-corrected chi connectivity index (χ1v) is 7.38. The van der Waals surface area contributed by atoms with Gasteiger partial charge in [-0.3, -0.25) is 4.79 Å². The maximum atomic E-state index is 12.3. The number of hydrogen-bond acceptors (Lipinski definition) is 4. The molecule has 0 fully saturated rings. The molecule has 1 amide bonds. The van der Waals surface area contributed by atoms with Crippen LogP contribution in [0.2, 0.25) is 0 Å². The summed E-state index contributed by atoms with van der Waals surface area (Å²) >= 11 is 3.45. The van der Waals surface area contributed by atoms with Crippen LogP contribution in [0.3, 0.4) is 0 Å². The predicted molar refractivity (Wildman–Crippen MR) is 88.3 cm³/mol. The lowest BCUT2D eigenvalue weighted by molar-refractivity contribution is 0.102. The molecular weight excluding hydrogens is 332 g/mol. The van der Waals surface area contributed by atoms with Crippen LogP contribution in [-0.2, 0) is 6.42 Å². The Kier molecular flexibility index (Phi) is 4.93. The molecule has 2 rings (SSSR count). The van der Waals surface area contributed by atoms with E-state index in [0.717, 1.165) is 27.8 Å². The number of carbonyl (C=O) groups excluding carboxylic acids is 1. The Morgan fingerprint density at radius 1 is 1.33 bits per heavy atom. The second kappa shape index (κ2) is 6.69. The van der Waals surface area contributed by atoms with E-state index in [1.807, 2.05) is 32.0 Å². The Morgan fingerprint density at radius 3 is 2.71 bits per heavy atom. The molecule has 1 aromatic carbocycles. The molecule has 0 bridgehead atoms. The number of nitrogens with two attached hydrogens (primary N) is 1. The highest BCUT2D eigenvalue weighted by Gasteiger charge is 2.10. The van der Waals surface area contributed by atoms with Crippen LogP contribution in [0.5, 0.6) is 0 Å². The summed E-state index contributed by atoms with van der Waals surface area (Å²) in [6.07, 6.45) is 0.728. The van der Waals surface area contributed by atoms with E-state index < -0.39 is 0 Å². The maximum absolute atomic E-state index is 12.3. The van der Waals surface area contributed by atoms with Crippen LogP contribution >= 0.6 is 15.9 Å². The fourth-order valence-electron chi connectivity index (χ4n) is 1.85. The summed E-state index contributed by atoms with van der Waals surface area (Å²) in [6.45, 7) is 3.96. The molecule has 1 aromatic heterocycles. The monoisotopic (exact) mass is 348 g/mol. The molecule has 2 aromatic rings. The minimum Gasteiger partial charge on any atom is -0.322 e. The smallest absolute Gasteiger partial charge is 0.255 e. The Bertz CT molecular complexity index is 650. The Hall–Kier alpha value is -1.92. The molecule has 0 aliphatic heterocycles. The van der Waals surface area contributed by atoms with E-state index in [1.165, 1.54) is 0 Å². The zero-order valence-corrected chi connectivity index (χ0v) is 13.5. The molecule has 0 saturated carbocycles. The number of amides is 1. The molecule has 110 valence electrons. The SMILES string of the molecule is CCc1cc(C(=O)Nc2ccc(C)c(Br)c2)cc(NN)n1. The number of halogens is 1. The fraction of sp³-hybridized carbons (Fsp3) is 0.200. The van der Waals surface area contributed by atoms with Gasteiger partial charge >= 0.3 is 0 Å². The lowest BCUT2D eigenvalue weighted by Crippen LogP contribution is -2.15. The molecule has 5 nitrogen and oxygen atoms in total. The van der Waals surface area contributed by atoms with Gasteiger partial charge in [0.25, 0.3) is 5.91 Å². The number of aryl methyl sites for hydroxylation is 2. The van der Waals surface area contributed by atoms with E-state index in [9.17, 15) is 4.79 Å². The van der Waals surface area contributed by atoms with Crippen LogP contribution < -0.4 is 16.6 Å². The predicted octanol–water partition coefficient (Wildman–Crippen LogP) is 3.25. The third-order valence-corrected chi connectivity index (χ3v) is 3.93. The second-order valence-electron chi connectivity index (χ2n) is 4.65. The Balaban J connectivity index is 2.25. The van der Waals surface area contributed by atoms with Gasteiger partial charge in [-0.25, -0.2) is 10.8 Å². The van der Waals surface area contributed by atoms with Crippen molar-refractivity contribution in [3.05, 3.63) is 51.6 Å². The number of aromatic nitrogens is 1. The third kappa shape index (κ3) is 3.80. The first-order valence-electron chi connectivity index (χ1n) is 6.58. The van der Waals surface area contributed by atoms with Gasteiger partial charge in [0.2, 0.25) is 0 Å². The molecule has 0 spiro atoms. The molecule has 0 unspecified atom stereocenters. The molecule has 0 aliphatic rings. The minimum absolute atomic E-state index is 0.195. The van der Waals surface area contributed by atoms with Gasteiger partial charge in [0.05, 0.1) is 0 Å². The van der Waals surface area contributed by atoms with Crippen molar-refractivity contribution in [2.75, 3.05) is 10.7 Å². The summed E-state index contributed by atoms with van der Waals surface area (Å²) in [4.78, 5) is 16.6. The van der Waals surface area contributed by atoms with Gasteiger partial charge in [0.15, 0.2) is 0 Å². The first-order chi connectivity index (χ1) is 10.0. The van der Waals surface area contributed by atoms with Crippen molar-refractivity contribution in [3.8, 4) is 0 Å². The topological polar surface area (TPSA) is 80.0 Å². The standard InChI is InChI=1S/C15H17BrN4O/c1-3-11-6-10(7-14(18-11)20-17)15(21)19-12-5-4-9(2)13(16)8-12/h4-8H,3,17H2,1-2H3,(H,18,20)(H,19,21). The number of benzene rings is 1. The average molecular weight is 349 g/mol. The zero-order valence-electron chi connectivity index (χ0n) is 11.9. The molecule has 21 heavy (non-hydrogen) atoms. The molecule has 4 N–H and O–H groups in total. The lowest BCUT2D eigenvalue weighted by Gasteiger charge is -2.09. The molecule has 0 radical (unpaired) electrons. The van der Waals surface area contributed by atoms with Crippen molar-refractivity contribution in [3.63, 3.8) is 0 Å². The van der Waals surface area contributed by atoms with Crippen molar-refractivity contribution >= 4 is 33.3 Å². The lowest BCUT2D eigenvalue weighted by atomic mass is 10.1. The molecule has 0 atom stereocenters. The molecular formula is C15H17BrN4O. The molecule has 6 heteroatoms. The van der Waals surface area contributed by atoms with Crippen molar-refractivity contribution in [2.45, 2.75) is 20.3 Å². The average Bonchev–Trinajstić information content (AvgIpc) is 2.50. The van der Waals surface area contributed by atoms with E-state index in [1.54, 1.807) is 12.1 Å². The maximum Gasteiger partial charge on any atom is 0.255 e. The Labute approximate surface area is 132 Å². The van der Waals surface area contributed by atoms with Crippen molar-refractivity contribution in [2.24, 2.45) is 5.84 Å². The fourth-order valence-corrected chi connectivity index (χ4v) is 2.23. The molecule has 1 heterocycles. The van der Waals surface area contributed by atoms with Gasteiger partial charge in [0, 0.05) is 21.4 Å². The van der Waals surface area contributed by atoms with Gasteiger partial charge in [0.1, 0.15) is 5.82 Å². The van der Waals surface area contributed by atoms with Gasteiger partial charge in [-0.15, -0.1) is 0 Å². The van der Waals surface area contributed by atoms with Crippen LogP contribution in [0.15, 0.2) is 34.8 Å². The number of rotatable bonds is 4. The van der Waals surface area contributed by atoms with E-state index in [4.69, 9.17) is 5.84 Å². The highest BCUT2D eigenvalue weighted by atomic mass is 79.9. The van der Waals surface area contributed by atoms with E-state index in [0.29, 0.717) is 11.4 Å². The van der Waals surface area contributed by atoms with Crippen LogP contribution in [0, 0.1) is 6.92 Å². The van der Waals surface area contributed by atoms with Crippen LogP contribution in [0.4, 0.5) is 11.5 Å². The normalized spacial score (nSPS) is 10.3. The number of nitrogen functional groups attached to an aromatic ring is 1. The summed E-state index contributed by atoms with van der Waals surface area (Å²) in [6, 6.07) is 9.06. The van der Waals surface area contributed by atoms with E-state index in [2.05, 4.69) is 31.7 Å². The molecule has 0 saturated heterocycles. The summed E-state index contributed by atoms with van der Waals surface area (Å²) in [7, 11) is 0. The van der Waals surface area contributed by atoms with Crippen molar-refractivity contribution in [1.82, 2.24) is 4.98 Å². The van der Waals surface area contributed by atoms with Gasteiger partial charge < -0.3 is 10.7 Å². The summed E-state index contributed by atoms with van der Waals surface area (Å²) in [5, 5.41) is 2.86. The van der Waals surface area contributed by atoms with E-state index in [-0.39, 0.29) is 5.91 Å².